The van der Waals surface area contributed by atoms with E-state index in [1.165, 1.54) is 4.90 Å². The Balaban J connectivity index is 1.89. The highest BCUT2D eigenvalue weighted by atomic mass is 16.6. The molecule has 1 aliphatic rings. The molecule has 1 atom stereocenters. The Kier molecular flexibility index (Phi) is 4.34. The van der Waals surface area contributed by atoms with Crippen LogP contribution in [-0.2, 0) is 16.1 Å². The van der Waals surface area contributed by atoms with Crippen molar-refractivity contribution in [2.45, 2.75) is 31.9 Å². The molecule has 0 radical (unpaired) electrons. The molecule has 0 aliphatic carbocycles. The molecular weight excluding hydrogens is 230 g/mol. The van der Waals surface area contributed by atoms with Gasteiger partial charge in [-0.05, 0) is 24.8 Å². The summed E-state index contributed by atoms with van der Waals surface area (Å²) in [4.78, 5) is 24.3. The fourth-order valence-corrected chi connectivity index (χ4v) is 2.13. The normalized spacial score (nSPS) is 19.3. The van der Waals surface area contributed by atoms with Gasteiger partial charge in [0.05, 0.1) is 6.04 Å². The molecule has 0 spiro atoms. The highest BCUT2D eigenvalue weighted by molar-refractivity contribution is 5.73. The summed E-state index contributed by atoms with van der Waals surface area (Å²) in [5.74, 6) is 0. The molecule has 1 aromatic carbocycles. The Hall–Kier alpha value is -1.84. The average molecular weight is 247 g/mol. The van der Waals surface area contributed by atoms with E-state index in [1.807, 2.05) is 30.3 Å². The van der Waals surface area contributed by atoms with E-state index in [2.05, 4.69) is 0 Å². The van der Waals surface area contributed by atoms with E-state index in [9.17, 15) is 9.59 Å². The van der Waals surface area contributed by atoms with Crippen molar-refractivity contribution in [1.82, 2.24) is 4.90 Å². The van der Waals surface area contributed by atoms with Gasteiger partial charge in [-0.1, -0.05) is 30.3 Å². The summed E-state index contributed by atoms with van der Waals surface area (Å²) in [5.41, 5.74) is 0.950. The van der Waals surface area contributed by atoms with Crippen LogP contribution in [0.15, 0.2) is 30.3 Å². The quantitative estimate of drug-likeness (QED) is 0.770. The summed E-state index contributed by atoms with van der Waals surface area (Å²) in [6, 6.07) is 9.21. The van der Waals surface area contributed by atoms with Crippen LogP contribution in [0.5, 0.6) is 0 Å². The third-order valence-electron chi connectivity index (χ3n) is 3.15. The lowest BCUT2D eigenvalue weighted by molar-refractivity contribution is -0.113. The maximum Gasteiger partial charge on any atom is 0.410 e. The number of carbonyl (C=O) groups excluding carboxylic acids is 2. The first-order valence-electron chi connectivity index (χ1n) is 6.24. The molecule has 1 fully saturated rings. The summed E-state index contributed by atoms with van der Waals surface area (Å²) < 4.78 is 5.23. The molecule has 4 nitrogen and oxygen atoms in total. The largest absolute Gasteiger partial charge is 0.445 e. The smallest absolute Gasteiger partial charge is 0.410 e. The monoisotopic (exact) mass is 247 g/mol. The minimum Gasteiger partial charge on any atom is -0.445 e. The van der Waals surface area contributed by atoms with E-state index in [0.717, 1.165) is 31.1 Å². The fraction of sp³-hybridized carbons (Fsp3) is 0.429. The minimum atomic E-state index is -0.393. The summed E-state index contributed by atoms with van der Waals surface area (Å²) in [5, 5.41) is 0. The predicted molar refractivity (Wildman–Crippen MR) is 67.0 cm³/mol. The molecule has 1 unspecified atom stereocenters. The third kappa shape index (κ3) is 3.09. The number of likely N-dealkylation sites (tertiary alicyclic amines) is 1. The number of hydrogen-bond donors (Lipinski definition) is 0. The molecule has 2 rings (SSSR count). The molecule has 1 aromatic rings. The van der Waals surface area contributed by atoms with Crippen LogP contribution in [-0.4, -0.2) is 29.9 Å². The SMILES string of the molecule is O=CC1CCCCN1C(=O)OCc1ccccc1. The molecule has 0 saturated carbocycles. The second kappa shape index (κ2) is 6.19. The number of ether oxygens (including phenoxy) is 1. The van der Waals surface area contributed by atoms with Crippen molar-refractivity contribution < 1.29 is 14.3 Å². The zero-order chi connectivity index (χ0) is 12.8. The first-order chi connectivity index (χ1) is 8.81. The minimum absolute atomic E-state index is 0.252. The van der Waals surface area contributed by atoms with Crippen molar-refractivity contribution >= 4 is 12.4 Å². The van der Waals surface area contributed by atoms with Gasteiger partial charge in [0.15, 0.2) is 0 Å². The number of carbonyl (C=O) groups is 2. The molecular formula is C14H17NO3. The molecule has 18 heavy (non-hydrogen) atoms. The van der Waals surface area contributed by atoms with Gasteiger partial charge in [-0.25, -0.2) is 4.79 Å². The number of amides is 1. The zero-order valence-corrected chi connectivity index (χ0v) is 10.2. The maximum absolute atomic E-state index is 11.9. The first kappa shape index (κ1) is 12.6. The van der Waals surface area contributed by atoms with Gasteiger partial charge < -0.3 is 9.53 Å². The van der Waals surface area contributed by atoms with Crippen LogP contribution in [0.1, 0.15) is 24.8 Å². The van der Waals surface area contributed by atoms with Crippen LogP contribution in [0, 0.1) is 0 Å². The van der Waals surface area contributed by atoms with Gasteiger partial charge in [0, 0.05) is 6.54 Å². The molecule has 1 saturated heterocycles. The van der Waals surface area contributed by atoms with Crippen LogP contribution in [0.25, 0.3) is 0 Å². The van der Waals surface area contributed by atoms with Crippen molar-refractivity contribution in [1.29, 1.82) is 0 Å². The van der Waals surface area contributed by atoms with E-state index in [0.29, 0.717) is 6.54 Å². The summed E-state index contributed by atoms with van der Waals surface area (Å²) in [6.07, 6.45) is 3.11. The highest BCUT2D eigenvalue weighted by Gasteiger charge is 2.27. The number of aldehydes is 1. The highest BCUT2D eigenvalue weighted by Crippen LogP contribution is 2.16. The zero-order valence-electron chi connectivity index (χ0n) is 10.2. The lowest BCUT2D eigenvalue weighted by Gasteiger charge is -2.31. The number of benzene rings is 1. The van der Waals surface area contributed by atoms with Crippen molar-refractivity contribution in [3.8, 4) is 0 Å². The Morgan fingerprint density at radius 3 is 2.83 bits per heavy atom. The summed E-state index contributed by atoms with van der Waals surface area (Å²) in [7, 11) is 0. The van der Waals surface area contributed by atoms with E-state index < -0.39 is 6.09 Å². The maximum atomic E-state index is 11.9. The second-order valence-electron chi connectivity index (χ2n) is 4.43. The van der Waals surface area contributed by atoms with E-state index in [4.69, 9.17) is 4.74 Å². The predicted octanol–water partition coefficient (Wildman–Crippen LogP) is 2.38. The molecule has 0 N–H and O–H groups in total. The Morgan fingerprint density at radius 2 is 2.11 bits per heavy atom. The number of piperidine rings is 1. The van der Waals surface area contributed by atoms with Gasteiger partial charge >= 0.3 is 6.09 Å². The van der Waals surface area contributed by atoms with Crippen molar-refractivity contribution in [2.75, 3.05) is 6.54 Å². The van der Waals surface area contributed by atoms with Crippen LogP contribution < -0.4 is 0 Å². The molecule has 1 amide bonds. The van der Waals surface area contributed by atoms with Crippen LogP contribution in [0.4, 0.5) is 4.79 Å². The molecule has 0 aromatic heterocycles. The van der Waals surface area contributed by atoms with Gasteiger partial charge in [0.2, 0.25) is 0 Å². The summed E-state index contributed by atoms with van der Waals surface area (Å²) >= 11 is 0. The lowest BCUT2D eigenvalue weighted by atomic mass is 10.0. The van der Waals surface area contributed by atoms with Gasteiger partial charge in [-0.15, -0.1) is 0 Å². The Bertz CT molecular complexity index is 405. The van der Waals surface area contributed by atoms with Gasteiger partial charge in [-0.2, -0.15) is 0 Å². The number of rotatable bonds is 3. The van der Waals surface area contributed by atoms with Gasteiger partial charge in [0.1, 0.15) is 12.9 Å². The lowest BCUT2D eigenvalue weighted by Crippen LogP contribution is -2.44. The second-order valence-corrected chi connectivity index (χ2v) is 4.43. The number of hydrogen-bond acceptors (Lipinski definition) is 3. The molecule has 96 valence electrons. The standard InChI is InChI=1S/C14H17NO3/c16-10-13-8-4-5-9-15(13)14(17)18-11-12-6-2-1-3-7-12/h1-3,6-7,10,13H,4-5,8-9,11H2. The molecule has 0 bridgehead atoms. The van der Waals surface area contributed by atoms with E-state index in [1.54, 1.807) is 0 Å². The van der Waals surface area contributed by atoms with Gasteiger partial charge in [0.25, 0.3) is 0 Å². The Labute approximate surface area is 107 Å². The Morgan fingerprint density at radius 1 is 1.33 bits per heavy atom. The summed E-state index contributed by atoms with van der Waals surface area (Å²) in [6.45, 7) is 0.860. The molecule has 1 aliphatic heterocycles. The van der Waals surface area contributed by atoms with Crippen molar-refractivity contribution in [2.24, 2.45) is 0 Å². The molecule has 1 heterocycles. The van der Waals surface area contributed by atoms with E-state index in [-0.39, 0.29) is 12.6 Å². The topological polar surface area (TPSA) is 46.6 Å². The van der Waals surface area contributed by atoms with Crippen LogP contribution in [0.2, 0.25) is 0 Å². The van der Waals surface area contributed by atoms with Crippen molar-refractivity contribution in [3.63, 3.8) is 0 Å². The van der Waals surface area contributed by atoms with Gasteiger partial charge in [-0.3, -0.25) is 4.90 Å². The van der Waals surface area contributed by atoms with Crippen LogP contribution >= 0.6 is 0 Å². The van der Waals surface area contributed by atoms with Crippen molar-refractivity contribution in [3.05, 3.63) is 35.9 Å². The van der Waals surface area contributed by atoms with E-state index >= 15 is 0 Å². The number of nitrogens with zero attached hydrogens (tertiary/aromatic N) is 1. The average Bonchev–Trinajstić information content (AvgIpc) is 2.45. The van der Waals surface area contributed by atoms with Crippen LogP contribution in [0.3, 0.4) is 0 Å². The first-order valence-corrected chi connectivity index (χ1v) is 6.24. The fourth-order valence-electron chi connectivity index (χ4n) is 2.13. The molecule has 4 heteroatoms. The third-order valence-corrected chi connectivity index (χ3v) is 3.15.